The zero-order valence-electron chi connectivity index (χ0n) is 15.3. The first kappa shape index (κ1) is 18.8. The van der Waals surface area contributed by atoms with E-state index in [0.29, 0.717) is 32.7 Å². The summed E-state index contributed by atoms with van der Waals surface area (Å²) in [6, 6.07) is 6.25. The number of hydrogen-bond donors (Lipinski definition) is 0. The van der Waals surface area contributed by atoms with Gasteiger partial charge < -0.3 is 14.5 Å². The van der Waals surface area contributed by atoms with Crippen molar-refractivity contribution in [3.63, 3.8) is 0 Å². The molecule has 2 amide bonds. The van der Waals surface area contributed by atoms with Gasteiger partial charge in [0.15, 0.2) is 0 Å². The highest BCUT2D eigenvalue weighted by atomic mass is 19.1. The fourth-order valence-corrected chi connectivity index (χ4v) is 3.76. The highest BCUT2D eigenvalue weighted by molar-refractivity contribution is 5.81. The molecule has 2 fully saturated rings. The third-order valence-corrected chi connectivity index (χ3v) is 5.21. The number of amides is 2. The summed E-state index contributed by atoms with van der Waals surface area (Å²) in [6.45, 7) is 4.78. The molecule has 2 aliphatic rings. The minimum atomic E-state index is -0.281. The lowest BCUT2D eigenvalue weighted by molar-refractivity contribution is -0.147. The zero-order chi connectivity index (χ0) is 18.5. The molecule has 0 radical (unpaired) electrons. The molecule has 0 saturated carbocycles. The Kier molecular flexibility index (Phi) is 6.25. The molecule has 3 rings (SSSR count). The van der Waals surface area contributed by atoms with Gasteiger partial charge >= 0.3 is 0 Å². The number of ether oxygens (including phenoxy) is 1. The molecule has 0 aromatic heterocycles. The summed E-state index contributed by atoms with van der Waals surface area (Å²) in [5, 5.41) is 0. The van der Waals surface area contributed by atoms with Crippen molar-refractivity contribution in [1.29, 1.82) is 0 Å². The van der Waals surface area contributed by atoms with Crippen LogP contribution in [0.1, 0.15) is 44.3 Å². The van der Waals surface area contributed by atoms with Crippen molar-refractivity contribution in [2.75, 3.05) is 32.8 Å². The summed E-state index contributed by atoms with van der Waals surface area (Å²) >= 11 is 0. The number of likely N-dealkylation sites (tertiary alicyclic amines) is 1. The highest BCUT2D eigenvalue weighted by Crippen LogP contribution is 2.26. The summed E-state index contributed by atoms with van der Waals surface area (Å²) in [7, 11) is 0. The van der Waals surface area contributed by atoms with Crippen LogP contribution in [0.4, 0.5) is 4.39 Å². The minimum absolute atomic E-state index is 0.106. The number of halogens is 1. The Morgan fingerprint density at radius 3 is 2.65 bits per heavy atom. The largest absolute Gasteiger partial charge is 0.370 e. The molecule has 0 spiro atoms. The van der Waals surface area contributed by atoms with Crippen molar-refractivity contribution in [2.24, 2.45) is 5.92 Å². The molecule has 1 aromatic rings. The van der Waals surface area contributed by atoms with E-state index in [-0.39, 0.29) is 29.7 Å². The standard InChI is InChI=1S/C20H27FN2O3/c1-2-4-19(24)22-10-3-5-16(13-22)20(25)23-11-12-26-18(14-23)15-6-8-17(21)9-7-15/h6-9,16,18H,2-5,10-14H2,1H3. The van der Waals surface area contributed by atoms with E-state index in [1.165, 1.54) is 12.1 Å². The van der Waals surface area contributed by atoms with Gasteiger partial charge in [0.1, 0.15) is 11.9 Å². The lowest BCUT2D eigenvalue weighted by Gasteiger charge is -2.38. The fraction of sp³-hybridized carbons (Fsp3) is 0.600. The normalized spacial score (nSPS) is 23.8. The van der Waals surface area contributed by atoms with Crippen LogP contribution < -0.4 is 0 Å². The number of nitrogens with zero attached hydrogens (tertiary/aromatic N) is 2. The molecule has 1 aromatic carbocycles. The third kappa shape index (κ3) is 4.41. The average molecular weight is 362 g/mol. The second kappa shape index (κ2) is 8.62. The van der Waals surface area contributed by atoms with Crippen LogP contribution in [0.3, 0.4) is 0 Å². The van der Waals surface area contributed by atoms with Gasteiger partial charge in [-0.1, -0.05) is 19.1 Å². The Labute approximate surface area is 154 Å². The summed E-state index contributed by atoms with van der Waals surface area (Å²) in [5.74, 6) is -0.154. The van der Waals surface area contributed by atoms with Crippen LogP contribution in [-0.4, -0.2) is 54.4 Å². The van der Waals surface area contributed by atoms with Crippen molar-refractivity contribution >= 4 is 11.8 Å². The molecule has 2 atom stereocenters. The summed E-state index contributed by atoms with van der Waals surface area (Å²) in [6.07, 6.45) is 2.85. The van der Waals surface area contributed by atoms with Crippen LogP contribution >= 0.6 is 0 Å². The Balaban J connectivity index is 1.61. The number of carbonyl (C=O) groups is 2. The van der Waals surface area contributed by atoms with Gasteiger partial charge in [-0.3, -0.25) is 9.59 Å². The molecule has 0 aliphatic carbocycles. The van der Waals surface area contributed by atoms with Crippen LogP contribution in [-0.2, 0) is 14.3 Å². The summed E-state index contributed by atoms with van der Waals surface area (Å²) in [4.78, 5) is 28.8. The predicted molar refractivity (Wildman–Crippen MR) is 95.9 cm³/mol. The van der Waals surface area contributed by atoms with Crippen LogP contribution in [0, 0.1) is 11.7 Å². The molecule has 6 heteroatoms. The van der Waals surface area contributed by atoms with Crippen LogP contribution in [0.5, 0.6) is 0 Å². The number of rotatable bonds is 4. The van der Waals surface area contributed by atoms with Crippen molar-refractivity contribution < 1.29 is 18.7 Å². The maximum absolute atomic E-state index is 13.1. The highest BCUT2D eigenvalue weighted by Gasteiger charge is 2.33. The Hall–Kier alpha value is -1.95. The van der Waals surface area contributed by atoms with Crippen molar-refractivity contribution in [1.82, 2.24) is 9.80 Å². The first-order chi connectivity index (χ1) is 12.6. The maximum Gasteiger partial charge on any atom is 0.227 e. The van der Waals surface area contributed by atoms with Gasteiger partial charge in [-0.25, -0.2) is 4.39 Å². The molecular weight excluding hydrogens is 335 g/mol. The zero-order valence-corrected chi connectivity index (χ0v) is 15.3. The van der Waals surface area contributed by atoms with Crippen molar-refractivity contribution in [3.8, 4) is 0 Å². The smallest absolute Gasteiger partial charge is 0.227 e. The van der Waals surface area contributed by atoms with E-state index in [0.717, 1.165) is 31.4 Å². The lowest BCUT2D eigenvalue weighted by Crippen LogP contribution is -2.50. The van der Waals surface area contributed by atoms with Gasteiger partial charge in [0, 0.05) is 26.1 Å². The van der Waals surface area contributed by atoms with Crippen molar-refractivity contribution in [3.05, 3.63) is 35.6 Å². The SMILES string of the molecule is CCCC(=O)N1CCCC(C(=O)N2CCOC(c3ccc(F)cc3)C2)C1. The Morgan fingerprint density at radius 2 is 1.92 bits per heavy atom. The first-order valence-electron chi connectivity index (χ1n) is 9.52. The van der Waals surface area contributed by atoms with E-state index in [1.54, 1.807) is 12.1 Å². The molecule has 142 valence electrons. The van der Waals surface area contributed by atoms with Gasteiger partial charge in [0.05, 0.1) is 19.1 Å². The number of hydrogen-bond acceptors (Lipinski definition) is 3. The quantitative estimate of drug-likeness (QED) is 0.828. The number of carbonyl (C=O) groups excluding carboxylic acids is 2. The third-order valence-electron chi connectivity index (χ3n) is 5.21. The predicted octanol–water partition coefficient (Wildman–Crippen LogP) is 2.76. The first-order valence-corrected chi connectivity index (χ1v) is 9.52. The van der Waals surface area contributed by atoms with E-state index in [4.69, 9.17) is 4.74 Å². The van der Waals surface area contributed by atoms with E-state index < -0.39 is 0 Å². The van der Waals surface area contributed by atoms with Crippen molar-refractivity contribution in [2.45, 2.75) is 38.7 Å². The number of morpholine rings is 1. The minimum Gasteiger partial charge on any atom is -0.370 e. The van der Waals surface area contributed by atoms with Gasteiger partial charge in [-0.15, -0.1) is 0 Å². The monoisotopic (exact) mass is 362 g/mol. The second-order valence-corrected chi connectivity index (χ2v) is 7.12. The second-order valence-electron chi connectivity index (χ2n) is 7.12. The Morgan fingerprint density at radius 1 is 1.15 bits per heavy atom. The van der Waals surface area contributed by atoms with Crippen LogP contribution in [0.15, 0.2) is 24.3 Å². The molecule has 0 bridgehead atoms. The summed E-state index contributed by atoms with van der Waals surface area (Å²) < 4.78 is 18.9. The van der Waals surface area contributed by atoms with Gasteiger partial charge in [0.2, 0.25) is 11.8 Å². The molecule has 0 N–H and O–H groups in total. The number of benzene rings is 1. The van der Waals surface area contributed by atoms with Gasteiger partial charge in [0.25, 0.3) is 0 Å². The fourth-order valence-electron chi connectivity index (χ4n) is 3.76. The topological polar surface area (TPSA) is 49.9 Å². The van der Waals surface area contributed by atoms with E-state index in [2.05, 4.69) is 0 Å². The van der Waals surface area contributed by atoms with Crippen LogP contribution in [0.2, 0.25) is 0 Å². The molecule has 2 heterocycles. The maximum atomic E-state index is 13.1. The van der Waals surface area contributed by atoms with Gasteiger partial charge in [-0.2, -0.15) is 0 Å². The molecule has 5 nitrogen and oxygen atoms in total. The molecule has 2 saturated heterocycles. The van der Waals surface area contributed by atoms with E-state index in [9.17, 15) is 14.0 Å². The Bertz CT molecular complexity index is 634. The molecule has 26 heavy (non-hydrogen) atoms. The molecule has 2 aliphatic heterocycles. The van der Waals surface area contributed by atoms with Crippen LogP contribution in [0.25, 0.3) is 0 Å². The van der Waals surface area contributed by atoms with Gasteiger partial charge in [-0.05, 0) is 37.0 Å². The number of piperidine rings is 1. The lowest BCUT2D eigenvalue weighted by atomic mass is 9.95. The molecule has 2 unspecified atom stereocenters. The average Bonchev–Trinajstić information content (AvgIpc) is 2.68. The van der Waals surface area contributed by atoms with E-state index in [1.807, 2.05) is 16.7 Å². The molecular formula is C20H27FN2O3. The van der Waals surface area contributed by atoms with E-state index >= 15 is 0 Å². The summed E-state index contributed by atoms with van der Waals surface area (Å²) in [5.41, 5.74) is 0.882.